The Morgan fingerprint density at radius 1 is 1.03 bits per heavy atom. The Hall–Kier alpha value is -2.86. The van der Waals surface area contributed by atoms with Crippen LogP contribution >= 0.6 is 11.3 Å². The first kappa shape index (κ1) is 21.4. The van der Waals surface area contributed by atoms with Crippen molar-refractivity contribution in [2.24, 2.45) is 0 Å². The first-order valence-electron chi connectivity index (χ1n) is 10.9. The molecule has 3 aromatic rings. The van der Waals surface area contributed by atoms with Crippen LogP contribution in [0.5, 0.6) is 0 Å². The summed E-state index contributed by atoms with van der Waals surface area (Å²) in [6, 6.07) is 16.6. The van der Waals surface area contributed by atoms with E-state index in [0.717, 1.165) is 36.1 Å². The minimum atomic E-state index is -0.801. The van der Waals surface area contributed by atoms with E-state index in [-0.39, 0.29) is 24.3 Å². The topological polar surface area (TPSA) is 62.6 Å². The van der Waals surface area contributed by atoms with Gasteiger partial charge in [-0.25, -0.2) is 0 Å². The smallest absolute Gasteiger partial charge is 0.250 e. The molecule has 0 bridgehead atoms. The normalized spacial score (nSPS) is 15.4. The third-order valence-corrected chi connectivity index (χ3v) is 6.62. The van der Waals surface area contributed by atoms with Crippen molar-refractivity contribution in [3.63, 3.8) is 0 Å². The van der Waals surface area contributed by atoms with Crippen LogP contribution in [0.4, 0.5) is 0 Å². The molecule has 2 aromatic heterocycles. The van der Waals surface area contributed by atoms with Gasteiger partial charge in [-0.3, -0.25) is 9.59 Å². The third-order valence-electron chi connectivity index (χ3n) is 5.75. The zero-order chi connectivity index (χ0) is 21.5. The van der Waals surface area contributed by atoms with Crippen LogP contribution in [0.25, 0.3) is 0 Å². The molecule has 5 nitrogen and oxygen atoms in total. The zero-order valence-electron chi connectivity index (χ0n) is 17.5. The summed E-state index contributed by atoms with van der Waals surface area (Å²) in [6.07, 6.45) is 7.26. The van der Waals surface area contributed by atoms with Crippen molar-refractivity contribution in [2.45, 2.75) is 57.2 Å². The lowest BCUT2D eigenvalue weighted by atomic mass is 9.95. The number of benzene rings is 1. The fourth-order valence-corrected chi connectivity index (χ4v) is 4.86. The van der Waals surface area contributed by atoms with E-state index in [0.29, 0.717) is 12.3 Å². The molecule has 1 saturated carbocycles. The first-order valence-corrected chi connectivity index (χ1v) is 11.8. The van der Waals surface area contributed by atoms with Crippen LogP contribution in [0, 0.1) is 0 Å². The number of nitrogens with zero attached hydrogens (tertiary/aromatic N) is 1. The SMILES string of the molecule is O=C(NC1CCCCC1)C(c1ccco1)N(Cc1ccccc1)C(=O)Cc1cccs1. The monoisotopic (exact) mass is 436 g/mol. The van der Waals surface area contributed by atoms with Crippen LogP contribution in [0.2, 0.25) is 0 Å². The lowest BCUT2D eigenvalue weighted by molar-refractivity contribution is -0.142. The molecule has 0 aliphatic heterocycles. The maximum absolute atomic E-state index is 13.5. The van der Waals surface area contributed by atoms with Crippen LogP contribution in [0.15, 0.2) is 70.7 Å². The molecular weight excluding hydrogens is 408 g/mol. The van der Waals surface area contributed by atoms with Gasteiger partial charge in [-0.1, -0.05) is 55.7 Å². The highest BCUT2D eigenvalue weighted by molar-refractivity contribution is 7.10. The predicted octanol–water partition coefficient (Wildman–Crippen LogP) is 5.10. The van der Waals surface area contributed by atoms with Crippen LogP contribution in [-0.2, 0) is 22.6 Å². The molecule has 6 heteroatoms. The van der Waals surface area contributed by atoms with Crippen molar-refractivity contribution in [1.82, 2.24) is 10.2 Å². The molecule has 4 rings (SSSR count). The summed E-state index contributed by atoms with van der Waals surface area (Å²) >= 11 is 1.55. The Morgan fingerprint density at radius 3 is 2.52 bits per heavy atom. The first-order chi connectivity index (χ1) is 15.2. The highest BCUT2D eigenvalue weighted by Crippen LogP contribution is 2.27. The molecule has 0 radical (unpaired) electrons. The van der Waals surface area contributed by atoms with Gasteiger partial charge in [0.1, 0.15) is 5.76 Å². The summed E-state index contributed by atoms with van der Waals surface area (Å²) in [5.74, 6) is 0.229. The van der Waals surface area contributed by atoms with Crippen LogP contribution in [0.3, 0.4) is 0 Å². The van der Waals surface area contributed by atoms with E-state index in [1.54, 1.807) is 34.6 Å². The number of hydrogen-bond acceptors (Lipinski definition) is 4. The minimum Gasteiger partial charge on any atom is -0.467 e. The van der Waals surface area contributed by atoms with Crippen molar-refractivity contribution >= 4 is 23.2 Å². The summed E-state index contributed by atoms with van der Waals surface area (Å²) in [5, 5.41) is 5.16. The van der Waals surface area contributed by atoms with E-state index in [4.69, 9.17) is 4.42 Å². The summed E-state index contributed by atoms with van der Waals surface area (Å²) in [4.78, 5) is 29.6. The summed E-state index contributed by atoms with van der Waals surface area (Å²) in [6.45, 7) is 0.342. The van der Waals surface area contributed by atoms with E-state index >= 15 is 0 Å². The minimum absolute atomic E-state index is 0.0912. The van der Waals surface area contributed by atoms with Gasteiger partial charge in [0.05, 0.1) is 12.7 Å². The number of nitrogens with one attached hydrogen (secondary N) is 1. The second-order valence-corrected chi connectivity index (χ2v) is 9.06. The van der Waals surface area contributed by atoms with Crippen LogP contribution in [0.1, 0.15) is 54.3 Å². The van der Waals surface area contributed by atoms with E-state index in [2.05, 4.69) is 5.32 Å². The van der Waals surface area contributed by atoms with Gasteiger partial charge in [0.25, 0.3) is 5.91 Å². The number of carbonyl (C=O) groups is 2. The van der Waals surface area contributed by atoms with E-state index in [1.807, 2.05) is 47.8 Å². The number of furan rings is 1. The van der Waals surface area contributed by atoms with Gasteiger partial charge < -0.3 is 14.6 Å². The lowest BCUT2D eigenvalue weighted by Crippen LogP contribution is -2.47. The maximum atomic E-state index is 13.5. The zero-order valence-corrected chi connectivity index (χ0v) is 18.4. The molecule has 1 atom stereocenters. The van der Waals surface area contributed by atoms with Crippen molar-refractivity contribution < 1.29 is 14.0 Å². The molecule has 1 aromatic carbocycles. The van der Waals surface area contributed by atoms with Gasteiger partial charge in [-0.2, -0.15) is 0 Å². The Balaban J connectivity index is 1.62. The standard InChI is InChI=1S/C25H28N2O3S/c28-23(17-21-13-8-16-31-21)27(18-19-9-3-1-4-10-19)24(22-14-7-15-30-22)25(29)26-20-11-5-2-6-12-20/h1,3-4,7-10,13-16,20,24H,2,5-6,11-12,17-18H2,(H,26,29). The summed E-state index contributed by atoms with van der Waals surface area (Å²) < 4.78 is 5.66. The Morgan fingerprint density at radius 2 is 1.84 bits per heavy atom. The summed E-state index contributed by atoms with van der Waals surface area (Å²) in [5.41, 5.74) is 0.976. The number of thiophene rings is 1. The van der Waals surface area contributed by atoms with E-state index in [9.17, 15) is 9.59 Å². The lowest BCUT2D eigenvalue weighted by Gasteiger charge is -2.32. The molecule has 1 aliphatic rings. The molecule has 162 valence electrons. The second kappa shape index (κ2) is 10.4. The van der Waals surface area contributed by atoms with Crippen LogP contribution < -0.4 is 5.32 Å². The summed E-state index contributed by atoms with van der Waals surface area (Å²) in [7, 11) is 0. The molecular formula is C25H28N2O3S. The quantitative estimate of drug-likeness (QED) is 0.534. The Kier molecular flexibility index (Phi) is 7.20. The third kappa shape index (κ3) is 5.64. The van der Waals surface area contributed by atoms with Gasteiger partial charge in [0.15, 0.2) is 6.04 Å². The van der Waals surface area contributed by atoms with Crippen molar-refractivity contribution in [3.8, 4) is 0 Å². The number of carbonyl (C=O) groups excluding carboxylic acids is 2. The molecule has 1 N–H and O–H groups in total. The van der Waals surface area contributed by atoms with Gasteiger partial charge >= 0.3 is 0 Å². The number of hydrogen-bond donors (Lipinski definition) is 1. The van der Waals surface area contributed by atoms with Gasteiger partial charge in [0.2, 0.25) is 5.91 Å². The average molecular weight is 437 g/mol. The molecule has 1 fully saturated rings. The molecule has 2 amide bonds. The highest BCUT2D eigenvalue weighted by Gasteiger charge is 2.35. The fourth-order valence-electron chi connectivity index (χ4n) is 4.17. The van der Waals surface area contributed by atoms with Crippen LogP contribution in [-0.4, -0.2) is 22.8 Å². The molecule has 1 unspecified atom stereocenters. The van der Waals surface area contributed by atoms with Crippen molar-refractivity contribution in [2.75, 3.05) is 0 Å². The highest BCUT2D eigenvalue weighted by atomic mass is 32.1. The molecule has 0 saturated heterocycles. The Labute approximate surface area is 187 Å². The molecule has 1 aliphatic carbocycles. The molecule has 2 heterocycles. The largest absolute Gasteiger partial charge is 0.467 e. The maximum Gasteiger partial charge on any atom is 0.250 e. The van der Waals surface area contributed by atoms with Gasteiger partial charge in [0, 0.05) is 17.5 Å². The van der Waals surface area contributed by atoms with E-state index in [1.165, 1.54) is 6.42 Å². The molecule has 0 spiro atoms. The van der Waals surface area contributed by atoms with Crippen molar-refractivity contribution in [1.29, 1.82) is 0 Å². The predicted molar refractivity (Wildman–Crippen MR) is 121 cm³/mol. The van der Waals surface area contributed by atoms with E-state index < -0.39 is 6.04 Å². The Bertz CT molecular complexity index is 948. The number of amides is 2. The fraction of sp³-hybridized carbons (Fsp3) is 0.360. The second-order valence-electron chi connectivity index (χ2n) is 8.02. The average Bonchev–Trinajstić information content (AvgIpc) is 3.49. The molecule has 31 heavy (non-hydrogen) atoms. The van der Waals surface area contributed by atoms with Gasteiger partial charge in [-0.05, 0) is 42.0 Å². The van der Waals surface area contributed by atoms with Gasteiger partial charge in [-0.15, -0.1) is 11.3 Å². The number of rotatable bonds is 8. The van der Waals surface area contributed by atoms with Crippen molar-refractivity contribution in [3.05, 3.63) is 82.4 Å².